The molecule has 0 radical (unpaired) electrons. The van der Waals surface area contributed by atoms with E-state index >= 15 is 0 Å². The van der Waals surface area contributed by atoms with Crippen molar-refractivity contribution in [1.29, 1.82) is 0 Å². The molecule has 1 aliphatic carbocycles. The van der Waals surface area contributed by atoms with E-state index in [2.05, 4.69) is 11.1 Å². The Kier molecular flexibility index (Phi) is 4.17. The molecule has 0 saturated carbocycles. The van der Waals surface area contributed by atoms with Crippen LogP contribution in [-0.4, -0.2) is 29.3 Å². The van der Waals surface area contributed by atoms with Crippen LogP contribution < -0.4 is 10.5 Å². The van der Waals surface area contributed by atoms with Crippen LogP contribution in [0.5, 0.6) is 5.88 Å². The number of fused-ring (bicyclic) bond motifs is 1. The molecule has 1 aromatic heterocycles. The van der Waals surface area contributed by atoms with Crippen molar-refractivity contribution in [3.63, 3.8) is 0 Å². The predicted molar refractivity (Wildman–Crippen MR) is 81.2 cm³/mol. The highest BCUT2D eigenvalue weighted by molar-refractivity contribution is 7.80. The van der Waals surface area contributed by atoms with E-state index in [1.165, 1.54) is 12.0 Å². The molecule has 1 saturated heterocycles. The van der Waals surface area contributed by atoms with Crippen LogP contribution in [0.3, 0.4) is 0 Å². The van der Waals surface area contributed by atoms with Gasteiger partial charge in [0.1, 0.15) is 11.6 Å². The second kappa shape index (κ2) is 6.06. The summed E-state index contributed by atoms with van der Waals surface area (Å²) in [5, 5.41) is 0. The maximum absolute atomic E-state index is 5.86. The van der Waals surface area contributed by atoms with E-state index in [0.717, 1.165) is 50.0 Å². The van der Waals surface area contributed by atoms with E-state index in [1.807, 2.05) is 0 Å². The van der Waals surface area contributed by atoms with Crippen molar-refractivity contribution in [2.45, 2.75) is 44.6 Å². The lowest BCUT2D eigenvalue weighted by Gasteiger charge is -2.23. The fraction of sp³-hybridized carbons (Fsp3) is 0.600. The van der Waals surface area contributed by atoms with Gasteiger partial charge in [-0.05, 0) is 50.2 Å². The van der Waals surface area contributed by atoms with Crippen LogP contribution >= 0.6 is 12.2 Å². The van der Waals surface area contributed by atoms with Crippen LogP contribution in [0.2, 0.25) is 0 Å². The number of hydrogen-bond acceptors (Lipinski definition) is 4. The molecular weight excluding hydrogens is 272 g/mol. The van der Waals surface area contributed by atoms with Crippen LogP contribution in [0.4, 0.5) is 0 Å². The van der Waals surface area contributed by atoms with Gasteiger partial charge >= 0.3 is 0 Å². The first-order chi connectivity index (χ1) is 9.74. The molecule has 0 bridgehead atoms. The molecule has 1 aliphatic heterocycles. The number of thiocarbonyl (C=S) groups is 1. The minimum atomic E-state index is 0.165. The largest absolute Gasteiger partial charge is 0.474 e. The molecule has 0 spiro atoms. The molecule has 1 unspecified atom stereocenters. The highest BCUT2D eigenvalue weighted by atomic mass is 32.1. The zero-order valence-corrected chi connectivity index (χ0v) is 12.4. The van der Waals surface area contributed by atoms with Gasteiger partial charge in [0.25, 0.3) is 0 Å². The van der Waals surface area contributed by atoms with Crippen molar-refractivity contribution < 1.29 is 9.47 Å². The summed E-state index contributed by atoms with van der Waals surface area (Å²) in [4.78, 5) is 4.97. The molecule has 2 N–H and O–H groups in total. The molecule has 108 valence electrons. The van der Waals surface area contributed by atoms with Gasteiger partial charge in [0, 0.05) is 12.3 Å². The Morgan fingerprint density at radius 1 is 1.40 bits per heavy atom. The molecular formula is C15H20N2O2S. The van der Waals surface area contributed by atoms with Gasteiger partial charge in [-0.3, -0.25) is 0 Å². The first-order valence-corrected chi connectivity index (χ1v) is 7.72. The standard InChI is InChI=1S/C15H20N2O2S/c16-14(20)12-8-10-4-3-6-13(10)17-15(12)19-9-11-5-1-2-7-18-11/h8,11H,1-7,9H2,(H2,16,20). The van der Waals surface area contributed by atoms with Crippen LogP contribution in [0.15, 0.2) is 6.07 Å². The second-order valence-electron chi connectivity index (χ2n) is 5.46. The molecule has 1 atom stereocenters. The maximum atomic E-state index is 5.86. The Bertz CT molecular complexity index is 513. The molecule has 2 heterocycles. The Labute approximate surface area is 124 Å². The van der Waals surface area contributed by atoms with E-state index in [4.69, 9.17) is 27.4 Å². The molecule has 2 aliphatic rings. The number of aryl methyl sites for hydroxylation is 2. The minimum Gasteiger partial charge on any atom is -0.474 e. The summed E-state index contributed by atoms with van der Waals surface area (Å²) < 4.78 is 11.5. The summed E-state index contributed by atoms with van der Waals surface area (Å²) in [5.41, 5.74) is 8.95. The summed E-state index contributed by atoms with van der Waals surface area (Å²) in [6.45, 7) is 1.36. The summed E-state index contributed by atoms with van der Waals surface area (Å²) in [7, 11) is 0. The van der Waals surface area contributed by atoms with Crippen molar-refractivity contribution >= 4 is 17.2 Å². The van der Waals surface area contributed by atoms with E-state index in [9.17, 15) is 0 Å². The Balaban J connectivity index is 1.75. The van der Waals surface area contributed by atoms with Gasteiger partial charge in [0.05, 0.1) is 11.7 Å². The van der Waals surface area contributed by atoms with E-state index in [-0.39, 0.29) is 6.10 Å². The van der Waals surface area contributed by atoms with Crippen LogP contribution in [0.25, 0.3) is 0 Å². The molecule has 4 nitrogen and oxygen atoms in total. The number of aromatic nitrogens is 1. The normalized spacial score (nSPS) is 21.5. The zero-order chi connectivity index (χ0) is 13.9. The summed E-state index contributed by atoms with van der Waals surface area (Å²) in [6.07, 6.45) is 6.78. The average molecular weight is 292 g/mol. The quantitative estimate of drug-likeness (QED) is 0.862. The lowest BCUT2D eigenvalue weighted by Crippen LogP contribution is -2.27. The highest BCUT2D eigenvalue weighted by Gasteiger charge is 2.20. The van der Waals surface area contributed by atoms with E-state index < -0.39 is 0 Å². The first kappa shape index (κ1) is 13.8. The molecule has 0 amide bonds. The molecule has 1 aromatic rings. The number of nitrogens with two attached hydrogens (primary N) is 1. The molecule has 0 aromatic carbocycles. The third-order valence-electron chi connectivity index (χ3n) is 3.96. The number of rotatable bonds is 4. The molecule has 5 heteroatoms. The highest BCUT2D eigenvalue weighted by Crippen LogP contribution is 2.27. The summed E-state index contributed by atoms with van der Waals surface area (Å²) in [6, 6.07) is 2.05. The molecule has 3 rings (SSSR count). The number of pyridine rings is 1. The Morgan fingerprint density at radius 3 is 3.05 bits per heavy atom. The van der Waals surface area contributed by atoms with Crippen molar-refractivity contribution in [1.82, 2.24) is 4.98 Å². The lowest BCUT2D eigenvalue weighted by molar-refractivity contribution is -0.0120. The second-order valence-corrected chi connectivity index (χ2v) is 5.90. The third kappa shape index (κ3) is 2.94. The average Bonchev–Trinajstić information content (AvgIpc) is 2.92. The number of ether oxygens (including phenoxy) is 2. The van der Waals surface area contributed by atoms with Crippen LogP contribution in [0, 0.1) is 0 Å². The third-order valence-corrected chi connectivity index (χ3v) is 4.18. The van der Waals surface area contributed by atoms with Crippen molar-refractivity contribution in [2.75, 3.05) is 13.2 Å². The van der Waals surface area contributed by atoms with Gasteiger partial charge in [0.2, 0.25) is 5.88 Å². The zero-order valence-electron chi connectivity index (χ0n) is 11.6. The predicted octanol–water partition coefficient (Wildman–Crippen LogP) is 2.15. The van der Waals surface area contributed by atoms with Crippen molar-refractivity contribution in [3.8, 4) is 5.88 Å². The van der Waals surface area contributed by atoms with Crippen molar-refractivity contribution in [2.24, 2.45) is 5.73 Å². The number of nitrogens with zero attached hydrogens (tertiary/aromatic N) is 1. The van der Waals surface area contributed by atoms with Crippen LogP contribution in [-0.2, 0) is 17.6 Å². The maximum Gasteiger partial charge on any atom is 0.224 e. The van der Waals surface area contributed by atoms with Gasteiger partial charge in [-0.15, -0.1) is 0 Å². The SMILES string of the molecule is NC(=S)c1cc2c(nc1OCC1CCCCO1)CCC2. The topological polar surface area (TPSA) is 57.4 Å². The fourth-order valence-electron chi connectivity index (χ4n) is 2.85. The summed E-state index contributed by atoms with van der Waals surface area (Å²) >= 11 is 5.12. The smallest absolute Gasteiger partial charge is 0.224 e. The molecule has 1 fully saturated rings. The van der Waals surface area contributed by atoms with Gasteiger partial charge in [-0.2, -0.15) is 0 Å². The van der Waals surface area contributed by atoms with Gasteiger partial charge in [-0.1, -0.05) is 12.2 Å². The van der Waals surface area contributed by atoms with Crippen molar-refractivity contribution in [3.05, 3.63) is 22.9 Å². The molecule has 20 heavy (non-hydrogen) atoms. The van der Waals surface area contributed by atoms with Gasteiger partial charge in [-0.25, -0.2) is 4.98 Å². The number of hydrogen-bond donors (Lipinski definition) is 1. The minimum absolute atomic E-state index is 0.165. The Hall–Kier alpha value is -1.20. The first-order valence-electron chi connectivity index (χ1n) is 7.31. The Morgan fingerprint density at radius 2 is 2.30 bits per heavy atom. The van der Waals surface area contributed by atoms with Gasteiger partial charge in [0.15, 0.2) is 0 Å². The van der Waals surface area contributed by atoms with E-state index in [0.29, 0.717) is 17.5 Å². The van der Waals surface area contributed by atoms with Crippen LogP contribution in [0.1, 0.15) is 42.5 Å². The fourth-order valence-corrected chi connectivity index (χ4v) is 3.00. The lowest BCUT2D eigenvalue weighted by atomic mass is 10.1. The monoisotopic (exact) mass is 292 g/mol. The van der Waals surface area contributed by atoms with E-state index in [1.54, 1.807) is 0 Å². The van der Waals surface area contributed by atoms with Gasteiger partial charge < -0.3 is 15.2 Å². The summed E-state index contributed by atoms with van der Waals surface area (Å²) in [5.74, 6) is 0.576.